The monoisotopic (exact) mass is 438 g/mol. The second kappa shape index (κ2) is 8.22. The van der Waals surface area contributed by atoms with Gasteiger partial charge in [0.2, 0.25) is 17.7 Å². The van der Waals surface area contributed by atoms with Gasteiger partial charge in [-0.15, -0.1) is 10.2 Å². The number of nitrogens with two attached hydrogens (primary N) is 1. The molecule has 1 aromatic carbocycles. The minimum absolute atomic E-state index is 0.000117. The average molecular weight is 439 g/mol. The maximum atomic E-state index is 12.6. The fourth-order valence-electron chi connectivity index (χ4n) is 2.84. The molecule has 0 spiro atoms. The molecule has 1 aliphatic heterocycles. The highest BCUT2D eigenvalue weighted by Gasteiger charge is 2.29. The van der Waals surface area contributed by atoms with Crippen LogP contribution in [0.3, 0.4) is 0 Å². The maximum absolute atomic E-state index is 12.6. The summed E-state index contributed by atoms with van der Waals surface area (Å²) < 4.78 is 6.59. The topological polar surface area (TPSA) is 102 Å². The van der Waals surface area contributed by atoms with Gasteiger partial charge >= 0.3 is 0 Å². The predicted molar refractivity (Wildman–Crippen MR) is 101 cm³/mol. The van der Waals surface area contributed by atoms with E-state index in [0.717, 1.165) is 10.0 Å². The lowest BCUT2D eigenvalue weighted by Gasteiger charge is -2.31. The molecule has 1 atom stereocenters. The van der Waals surface area contributed by atoms with Gasteiger partial charge in [-0.1, -0.05) is 33.8 Å². The van der Waals surface area contributed by atoms with Crippen molar-refractivity contribution in [2.24, 2.45) is 11.7 Å². The molecule has 2 aromatic rings. The van der Waals surface area contributed by atoms with Gasteiger partial charge in [0.15, 0.2) is 0 Å². The van der Waals surface area contributed by atoms with Crippen LogP contribution in [0.1, 0.15) is 19.8 Å². The van der Waals surface area contributed by atoms with Gasteiger partial charge in [-0.25, -0.2) is 0 Å². The molecule has 0 saturated carbocycles. The molecule has 1 fully saturated rings. The summed E-state index contributed by atoms with van der Waals surface area (Å²) in [5, 5.41) is 8.07. The van der Waals surface area contributed by atoms with E-state index in [4.69, 9.17) is 10.2 Å². The number of piperidine rings is 1. The van der Waals surface area contributed by atoms with E-state index in [9.17, 15) is 9.59 Å². The number of thioether (sulfide) groups is 1. The number of hydrogen-bond donors (Lipinski definition) is 1. The molecule has 1 aromatic heterocycles. The molecular weight excluding hydrogens is 420 g/mol. The zero-order valence-electron chi connectivity index (χ0n) is 14.2. The minimum atomic E-state index is -0.351. The Morgan fingerprint density at radius 2 is 2.08 bits per heavy atom. The molecule has 3 rings (SSSR count). The Kier molecular flexibility index (Phi) is 5.98. The molecular formula is C17H19BrN4O3S. The fourth-order valence-corrected chi connectivity index (χ4v) is 4.01. The summed E-state index contributed by atoms with van der Waals surface area (Å²) >= 11 is 4.65. The number of amides is 2. The molecule has 0 aliphatic carbocycles. The summed E-state index contributed by atoms with van der Waals surface area (Å²) in [6, 6.07) is 7.57. The van der Waals surface area contributed by atoms with E-state index in [1.54, 1.807) is 4.90 Å². The molecule has 2 amide bonds. The van der Waals surface area contributed by atoms with Crippen molar-refractivity contribution in [2.45, 2.75) is 30.2 Å². The average Bonchev–Trinajstić information content (AvgIpc) is 3.09. The van der Waals surface area contributed by atoms with E-state index in [2.05, 4.69) is 26.1 Å². The number of benzene rings is 1. The molecule has 1 saturated heterocycles. The summed E-state index contributed by atoms with van der Waals surface area (Å²) in [6.45, 7) is 2.91. The number of primary amides is 1. The van der Waals surface area contributed by atoms with Crippen molar-refractivity contribution < 1.29 is 14.0 Å². The molecule has 2 heterocycles. The van der Waals surface area contributed by atoms with E-state index in [0.29, 0.717) is 37.0 Å². The third-order valence-electron chi connectivity index (χ3n) is 4.31. The van der Waals surface area contributed by atoms with Crippen LogP contribution in [0.2, 0.25) is 0 Å². The first-order valence-corrected chi connectivity index (χ1v) is 9.95. The summed E-state index contributed by atoms with van der Waals surface area (Å²) in [7, 11) is 0. The van der Waals surface area contributed by atoms with Crippen molar-refractivity contribution in [1.82, 2.24) is 15.1 Å². The van der Waals surface area contributed by atoms with Crippen molar-refractivity contribution in [1.29, 1.82) is 0 Å². The van der Waals surface area contributed by atoms with Crippen molar-refractivity contribution >= 4 is 39.5 Å². The van der Waals surface area contributed by atoms with Crippen molar-refractivity contribution in [3.05, 3.63) is 28.7 Å². The molecule has 138 valence electrons. The van der Waals surface area contributed by atoms with E-state index < -0.39 is 0 Å². The third kappa shape index (κ3) is 4.45. The molecule has 26 heavy (non-hydrogen) atoms. The van der Waals surface area contributed by atoms with E-state index in [1.165, 1.54) is 11.8 Å². The Bertz CT molecular complexity index is 805. The number of carbonyl (C=O) groups excluding carboxylic acids is 2. The van der Waals surface area contributed by atoms with Crippen LogP contribution in [-0.4, -0.2) is 45.3 Å². The van der Waals surface area contributed by atoms with Gasteiger partial charge in [0.25, 0.3) is 5.22 Å². The van der Waals surface area contributed by atoms with Crippen LogP contribution in [0.4, 0.5) is 0 Å². The number of rotatable bonds is 5. The van der Waals surface area contributed by atoms with Crippen LogP contribution in [0, 0.1) is 5.92 Å². The summed E-state index contributed by atoms with van der Waals surface area (Å²) in [6.07, 6.45) is 1.23. The highest BCUT2D eigenvalue weighted by molar-refractivity contribution is 9.10. The third-order valence-corrected chi connectivity index (χ3v) is 5.73. The quantitative estimate of drug-likeness (QED) is 0.719. The SMILES string of the molecule is CC(Sc1nnc(-c2cccc(Br)c2)o1)C(=O)N1CCC(C(N)=O)CC1. The van der Waals surface area contributed by atoms with Gasteiger partial charge in [0.1, 0.15) is 0 Å². The van der Waals surface area contributed by atoms with Crippen LogP contribution in [0.5, 0.6) is 0 Å². The van der Waals surface area contributed by atoms with Gasteiger partial charge in [0.05, 0.1) is 5.25 Å². The first kappa shape index (κ1) is 18.9. The number of likely N-dealkylation sites (tertiary alicyclic amines) is 1. The predicted octanol–water partition coefficient (Wildman–Crippen LogP) is 2.70. The molecule has 0 bridgehead atoms. The Balaban J connectivity index is 1.59. The zero-order valence-corrected chi connectivity index (χ0v) is 16.6. The van der Waals surface area contributed by atoms with Crippen LogP contribution >= 0.6 is 27.7 Å². The van der Waals surface area contributed by atoms with Gasteiger partial charge < -0.3 is 15.1 Å². The lowest BCUT2D eigenvalue weighted by molar-refractivity contribution is -0.134. The van der Waals surface area contributed by atoms with Crippen LogP contribution in [-0.2, 0) is 9.59 Å². The maximum Gasteiger partial charge on any atom is 0.277 e. The summed E-state index contributed by atoms with van der Waals surface area (Å²) in [5.74, 6) is -0.00740. The van der Waals surface area contributed by atoms with E-state index in [1.807, 2.05) is 31.2 Å². The standard InChI is InChI=1S/C17H19BrN4O3S/c1-10(16(24)22-7-5-11(6-8-22)14(19)23)26-17-21-20-15(25-17)12-3-2-4-13(18)9-12/h2-4,9-11H,5-8H2,1H3,(H2,19,23). The Labute approximate surface area is 163 Å². The second-order valence-corrected chi connectivity index (χ2v) is 8.35. The lowest BCUT2D eigenvalue weighted by atomic mass is 9.96. The Morgan fingerprint density at radius 1 is 1.35 bits per heavy atom. The number of aromatic nitrogens is 2. The highest BCUT2D eigenvalue weighted by atomic mass is 79.9. The summed E-state index contributed by atoms with van der Waals surface area (Å²) in [4.78, 5) is 25.6. The van der Waals surface area contributed by atoms with Crippen molar-refractivity contribution in [3.63, 3.8) is 0 Å². The van der Waals surface area contributed by atoms with E-state index in [-0.39, 0.29) is 23.0 Å². The van der Waals surface area contributed by atoms with Gasteiger partial charge in [-0.05, 0) is 38.0 Å². The fraction of sp³-hybridized carbons (Fsp3) is 0.412. The Hall–Kier alpha value is -1.87. The normalized spacial score (nSPS) is 16.5. The molecule has 1 unspecified atom stereocenters. The Morgan fingerprint density at radius 3 is 2.73 bits per heavy atom. The molecule has 7 nitrogen and oxygen atoms in total. The smallest absolute Gasteiger partial charge is 0.277 e. The van der Waals surface area contributed by atoms with Crippen molar-refractivity contribution in [2.75, 3.05) is 13.1 Å². The molecule has 1 aliphatic rings. The zero-order chi connectivity index (χ0) is 18.7. The van der Waals surface area contributed by atoms with E-state index >= 15 is 0 Å². The minimum Gasteiger partial charge on any atom is -0.411 e. The molecule has 9 heteroatoms. The first-order valence-electron chi connectivity index (χ1n) is 8.28. The number of hydrogen-bond acceptors (Lipinski definition) is 6. The van der Waals surface area contributed by atoms with Gasteiger partial charge in [0, 0.05) is 29.0 Å². The van der Waals surface area contributed by atoms with Crippen LogP contribution in [0.25, 0.3) is 11.5 Å². The van der Waals surface area contributed by atoms with Crippen LogP contribution in [0.15, 0.2) is 38.4 Å². The number of nitrogens with zero attached hydrogens (tertiary/aromatic N) is 3. The number of halogens is 1. The molecule has 2 N–H and O–H groups in total. The largest absolute Gasteiger partial charge is 0.411 e. The molecule has 0 radical (unpaired) electrons. The lowest BCUT2D eigenvalue weighted by Crippen LogP contribution is -2.44. The number of carbonyl (C=O) groups is 2. The second-order valence-electron chi connectivity index (χ2n) is 6.15. The first-order chi connectivity index (χ1) is 12.4. The van der Waals surface area contributed by atoms with Gasteiger partial charge in [-0.2, -0.15) is 0 Å². The van der Waals surface area contributed by atoms with Crippen LogP contribution < -0.4 is 5.73 Å². The summed E-state index contributed by atoms with van der Waals surface area (Å²) in [5.41, 5.74) is 6.14. The van der Waals surface area contributed by atoms with Gasteiger partial charge in [-0.3, -0.25) is 9.59 Å². The highest BCUT2D eigenvalue weighted by Crippen LogP contribution is 2.29. The van der Waals surface area contributed by atoms with Crippen molar-refractivity contribution in [3.8, 4) is 11.5 Å².